The van der Waals surface area contributed by atoms with E-state index >= 15 is 0 Å². The van der Waals surface area contributed by atoms with E-state index < -0.39 is 52.4 Å². The highest BCUT2D eigenvalue weighted by Crippen LogP contribution is 2.51. The van der Waals surface area contributed by atoms with Gasteiger partial charge in [0, 0.05) is 46.2 Å². The molecule has 1 aromatic heterocycles. The van der Waals surface area contributed by atoms with Gasteiger partial charge in [-0.3, -0.25) is 23.8 Å². The van der Waals surface area contributed by atoms with E-state index in [0.29, 0.717) is 23.0 Å². The summed E-state index contributed by atoms with van der Waals surface area (Å²) in [6.45, 7) is 0.964. The van der Waals surface area contributed by atoms with Gasteiger partial charge in [-0.1, -0.05) is 0 Å². The SMILES string of the molecule is COc1cc(OC)c(CSCO[C@H]2C[C@H](n3cc(C)c(=O)[nH]c3=O)O[C@@H]2COP(=O)(O)O[P+](=O)O)c(OC)c1. The number of hydrogen-bond donors (Lipinski definition) is 3. The molecule has 1 aromatic carbocycles. The first-order chi connectivity index (χ1) is 18.5. The number of aryl methyl sites for hydroxylation is 1. The van der Waals surface area contributed by atoms with Gasteiger partial charge in [-0.05, 0) is 11.2 Å². The minimum atomic E-state index is -4.87. The maximum Gasteiger partial charge on any atom is 0.705 e. The molecule has 39 heavy (non-hydrogen) atoms. The van der Waals surface area contributed by atoms with Crippen molar-refractivity contribution >= 4 is 27.8 Å². The summed E-state index contributed by atoms with van der Waals surface area (Å²) < 4.78 is 60.7. The lowest BCUT2D eigenvalue weighted by Crippen LogP contribution is -2.33. The fourth-order valence-electron chi connectivity index (χ4n) is 3.78. The quantitative estimate of drug-likeness (QED) is 0.160. The normalized spacial score (nSPS) is 20.9. The van der Waals surface area contributed by atoms with E-state index in [4.69, 9.17) is 33.1 Å². The van der Waals surface area contributed by atoms with Gasteiger partial charge in [-0.15, -0.1) is 16.7 Å². The smallest absolute Gasteiger partial charge is 0.496 e. The van der Waals surface area contributed by atoms with Gasteiger partial charge in [0.2, 0.25) is 0 Å². The molecule has 15 nitrogen and oxygen atoms in total. The summed E-state index contributed by atoms with van der Waals surface area (Å²) in [5.41, 5.74) is -0.216. The van der Waals surface area contributed by atoms with Crippen molar-refractivity contribution in [2.24, 2.45) is 0 Å². The number of benzene rings is 1. The number of nitrogens with one attached hydrogen (secondary N) is 1. The first-order valence-corrected chi connectivity index (χ1v) is 15.0. The fraction of sp³-hybridized carbons (Fsp3) is 0.524. The van der Waals surface area contributed by atoms with Gasteiger partial charge in [-0.2, -0.15) is 0 Å². The first-order valence-electron chi connectivity index (χ1n) is 11.3. The first kappa shape index (κ1) is 31.3. The number of phosphoric acid groups is 1. The number of hydrogen-bond acceptors (Lipinski definition) is 12. The van der Waals surface area contributed by atoms with Gasteiger partial charge in [-0.25, -0.2) is 9.36 Å². The van der Waals surface area contributed by atoms with E-state index in [1.807, 2.05) is 0 Å². The standard InChI is InChI=1S/C21H28N2O13P2S/c1-12-8-23(21(25)22-20(12)24)19-7-17(18(35-19)9-34-38(28,29)36-37(26)27)33-11-39-10-14-15(31-3)5-13(30-2)6-16(14)32-4/h5-6,8,17-19H,7,9-11H2,1-4H3,(H2-,22,24,25,26,27,28,29)/p+1/t17-,18+,19+/m0/s1. The zero-order valence-electron chi connectivity index (χ0n) is 21.4. The number of rotatable bonds is 14. The molecule has 5 atom stereocenters. The molecule has 0 amide bonds. The highest BCUT2D eigenvalue weighted by molar-refractivity contribution is 7.98. The van der Waals surface area contributed by atoms with Crippen molar-refractivity contribution in [3.63, 3.8) is 0 Å². The Bertz CT molecular complexity index is 1310. The van der Waals surface area contributed by atoms with Crippen LogP contribution in [0.5, 0.6) is 17.2 Å². The Morgan fingerprint density at radius 2 is 1.87 bits per heavy atom. The highest BCUT2D eigenvalue weighted by Gasteiger charge is 2.41. The van der Waals surface area contributed by atoms with Crippen molar-refractivity contribution in [1.29, 1.82) is 0 Å². The van der Waals surface area contributed by atoms with Crippen LogP contribution < -0.4 is 25.5 Å². The summed E-state index contributed by atoms with van der Waals surface area (Å²) in [6.07, 6.45) is -1.14. The van der Waals surface area contributed by atoms with Gasteiger partial charge >= 0.3 is 21.8 Å². The molecule has 1 aliphatic rings. The molecule has 1 fully saturated rings. The van der Waals surface area contributed by atoms with Gasteiger partial charge in [0.25, 0.3) is 5.56 Å². The molecule has 3 rings (SSSR count). The van der Waals surface area contributed by atoms with Gasteiger partial charge in [0.15, 0.2) is 0 Å². The molecular weight excluding hydrogens is 582 g/mol. The number of methoxy groups -OCH3 is 3. The van der Waals surface area contributed by atoms with Crippen molar-refractivity contribution in [2.75, 3.05) is 33.9 Å². The lowest BCUT2D eigenvalue weighted by molar-refractivity contribution is -0.0542. The minimum Gasteiger partial charge on any atom is -0.496 e. The number of aromatic nitrogens is 2. The molecule has 0 bridgehead atoms. The molecule has 0 radical (unpaired) electrons. The van der Waals surface area contributed by atoms with Crippen LogP contribution in [0.2, 0.25) is 0 Å². The lowest BCUT2D eigenvalue weighted by Gasteiger charge is -2.19. The summed E-state index contributed by atoms with van der Waals surface area (Å²) in [6, 6.07) is 3.45. The van der Waals surface area contributed by atoms with E-state index in [1.165, 1.54) is 50.8 Å². The van der Waals surface area contributed by atoms with Crippen molar-refractivity contribution < 1.29 is 51.4 Å². The molecule has 18 heteroatoms. The number of thioether (sulfide) groups is 1. The Morgan fingerprint density at radius 3 is 2.46 bits per heavy atom. The van der Waals surface area contributed by atoms with Crippen molar-refractivity contribution in [3.05, 3.63) is 50.3 Å². The number of aromatic amines is 1. The molecule has 0 spiro atoms. The number of nitrogens with zero attached hydrogens (tertiary/aromatic N) is 1. The molecule has 2 heterocycles. The molecule has 2 unspecified atom stereocenters. The van der Waals surface area contributed by atoms with Crippen LogP contribution in [0.25, 0.3) is 0 Å². The predicted octanol–water partition coefficient (Wildman–Crippen LogP) is 2.22. The number of ether oxygens (including phenoxy) is 5. The van der Waals surface area contributed by atoms with Crippen LogP contribution in [-0.2, 0) is 33.2 Å². The predicted molar refractivity (Wildman–Crippen MR) is 138 cm³/mol. The van der Waals surface area contributed by atoms with Crippen LogP contribution in [0, 0.1) is 6.92 Å². The summed E-state index contributed by atoms with van der Waals surface area (Å²) in [5, 5.41) is 0. The largest absolute Gasteiger partial charge is 0.705 e. The van der Waals surface area contributed by atoms with E-state index in [-0.39, 0.29) is 17.9 Å². The summed E-state index contributed by atoms with van der Waals surface area (Å²) >= 11 is 1.37. The van der Waals surface area contributed by atoms with E-state index in [1.54, 1.807) is 12.1 Å². The Morgan fingerprint density at radius 1 is 1.21 bits per heavy atom. The molecular formula is C21H29N2O13P2S+. The second-order valence-electron chi connectivity index (χ2n) is 8.11. The van der Waals surface area contributed by atoms with Crippen LogP contribution in [0.15, 0.2) is 27.9 Å². The minimum absolute atomic E-state index is 0.125. The average Bonchev–Trinajstić information content (AvgIpc) is 3.29. The Kier molecular flexibility index (Phi) is 11.1. The molecule has 216 valence electrons. The zero-order valence-corrected chi connectivity index (χ0v) is 24.0. The van der Waals surface area contributed by atoms with Crippen LogP contribution in [-0.4, -0.2) is 65.4 Å². The maximum absolute atomic E-state index is 12.4. The molecule has 0 aliphatic carbocycles. The topological polar surface area (TPSA) is 194 Å². The Hall–Kier alpha value is -2.26. The van der Waals surface area contributed by atoms with Crippen LogP contribution in [0.4, 0.5) is 0 Å². The van der Waals surface area contributed by atoms with Gasteiger partial charge in [0.1, 0.15) is 29.6 Å². The van der Waals surface area contributed by atoms with Crippen molar-refractivity contribution in [2.45, 2.75) is 37.5 Å². The third kappa shape index (κ3) is 8.37. The zero-order chi connectivity index (χ0) is 28.7. The van der Waals surface area contributed by atoms with Crippen molar-refractivity contribution in [1.82, 2.24) is 9.55 Å². The van der Waals surface area contributed by atoms with Gasteiger partial charge in [0.05, 0.1) is 40.0 Å². The number of H-pyrrole nitrogens is 1. The van der Waals surface area contributed by atoms with Crippen LogP contribution in [0.3, 0.4) is 0 Å². The fourth-order valence-corrected chi connectivity index (χ4v) is 5.85. The highest BCUT2D eigenvalue weighted by atomic mass is 32.2. The maximum atomic E-state index is 12.4. The summed E-state index contributed by atoms with van der Waals surface area (Å²) in [4.78, 5) is 44.7. The van der Waals surface area contributed by atoms with Crippen LogP contribution >= 0.6 is 27.8 Å². The van der Waals surface area contributed by atoms with E-state index in [9.17, 15) is 23.6 Å². The monoisotopic (exact) mass is 611 g/mol. The molecule has 0 saturated carbocycles. The third-order valence-corrected chi connectivity index (χ3v) is 8.30. The second-order valence-corrected chi connectivity index (χ2v) is 11.4. The summed E-state index contributed by atoms with van der Waals surface area (Å²) in [7, 11) is -3.69. The van der Waals surface area contributed by atoms with Crippen LogP contribution in [0.1, 0.15) is 23.8 Å². The van der Waals surface area contributed by atoms with E-state index in [0.717, 1.165) is 5.56 Å². The lowest BCUT2D eigenvalue weighted by atomic mass is 10.2. The Balaban J connectivity index is 1.72. The van der Waals surface area contributed by atoms with Gasteiger partial charge < -0.3 is 23.7 Å². The number of phosphoric ester groups is 1. The molecule has 3 N–H and O–H groups in total. The molecule has 1 saturated heterocycles. The average molecular weight is 611 g/mol. The Labute approximate surface area is 227 Å². The second kappa shape index (κ2) is 13.9. The summed E-state index contributed by atoms with van der Waals surface area (Å²) in [5.74, 6) is 2.24. The van der Waals surface area contributed by atoms with Crippen molar-refractivity contribution in [3.8, 4) is 17.2 Å². The van der Waals surface area contributed by atoms with E-state index in [2.05, 4.69) is 9.29 Å². The molecule has 2 aromatic rings. The third-order valence-electron chi connectivity index (χ3n) is 5.64. The molecule has 1 aliphatic heterocycles.